The van der Waals surface area contributed by atoms with Gasteiger partial charge < -0.3 is 9.47 Å². The first-order chi connectivity index (χ1) is 7.54. The van der Waals surface area contributed by atoms with Crippen LogP contribution in [-0.4, -0.2) is 19.0 Å². The van der Waals surface area contributed by atoms with Crippen molar-refractivity contribution in [3.8, 4) is 11.5 Å². The maximum Gasteiger partial charge on any atom is 0.176 e. The van der Waals surface area contributed by atoms with Crippen LogP contribution in [0.25, 0.3) is 0 Å². The summed E-state index contributed by atoms with van der Waals surface area (Å²) in [7, 11) is 1.44. The Morgan fingerprint density at radius 3 is 2.69 bits per heavy atom. The Kier molecular flexibility index (Phi) is 2.58. The normalized spacial score (nSPS) is 23.6. The molecule has 0 radical (unpaired) electrons. The van der Waals surface area contributed by atoms with E-state index in [1.807, 2.05) is 0 Å². The Balaban J connectivity index is 2.56. The molecule has 1 aromatic rings. The van der Waals surface area contributed by atoms with E-state index in [0.717, 1.165) is 0 Å². The molecule has 2 rings (SSSR count). The van der Waals surface area contributed by atoms with Gasteiger partial charge in [-0.25, -0.2) is 4.39 Å². The van der Waals surface area contributed by atoms with E-state index in [1.165, 1.54) is 13.2 Å². The fraction of sp³-hybridized carbons (Fsp3) is 0.417. The van der Waals surface area contributed by atoms with Crippen LogP contribution in [0.1, 0.15) is 24.2 Å². The van der Waals surface area contributed by atoms with Crippen LogP contribution in [-0.2, 0) is 0 Å². The Morgan fingerprint density at radius 2 is 2.06 bits per heavy atom. The number of halogens is 1. The summed E-state index contributed by atoms with van der Waals surface area (Å²) in [6, 6.07) is 2.74. The Morgan fingerprint density at radius 1 is 1.38 bits per heavy atom. The Hall–Kier alpha value is -1.58. The average molecular weight is 224 g/mol. The number of carbonyl (C=O) groups excluding carboxylic acids is 1. The second kappa shape index (κ2) is 3.77. The Labute approximate surface area is 93.2 Å². The van der Waals surface area contributed by atoms with Crippen molar-refractivity contribution in [1.82, 2.24) is 0 Å². The third kappa shape index (κ3) is 1.54. The van der Waals surface area contributed by atoms with E-state index < -0.39 is 5.82 Å². The minimum Gasteiger partial charge on any atom is -0.497 e. The number of ketones is 1. The molecule has 0 aliphatic carbocycles. The standard InChI is InChI=1S/C12H13FO3/c1-6-7(2)16-10-5-8(15-3)4-9(13)11(10)12(6)14/h4-7H,1-3H3. The zero-order valence-corrected chi connectivity index (χ0v) is 9.41. The third-order valence-electron chi connectivity index (χ3n) is 2.94. The van der Waals surface area contributed by atoms with Gasteiger partial charge in [0.1, 0.15) is 23.4 Å². The molecule has 16 heavy (non-hydrogen) atoms. The summed E-state index contributed by atoms with van der Waals surface area (Å²) in [4.78, 5) is 11.9. The highest BCUT2D eigenvalue weighted by Crippen LogP contribution is 2.35. The van der Waals surface area contributed by atoms with Crippen LogP contribution >= 0.6 is 0 Å². The van der Waals surface area contributed by atoms with E-state index in [9.17, 15) is 9.18 Å². The molecule has 0 N–H and O–H groups in total. The largest absolute Gasteiger partial charge is 0.497 e. The minimum absolute atomic E-state index is 0.0337. The van der Waals surface area contributed by atoms with Gasteiger partial charge in [-0.2, -0.15) is 0 Å². The van der Waals surface area contributed by atoms with E-state index in [1.54, 1.807) is 19.9 Å². The van der Waals surface area contributed by atoms with E-state index in [0.29, 0.717) is 5.75 Å². The van der Waals surface area contributed by atoms with Gasteiger partial charge in [-0.05, 0) is 6.92 Å². The summed E-state index contributed by atoms with van der Waals surface area (Å²) in [6.07, 6.45) is -0.244. The van der Waals surface area contributed by atoms with Crippen LogP contribution in [0.4, 0.5) is 4.39 Å². The zero-order chi connectivity index (χ0) is 11.9. The van der Waals surface area contributed by atoms with Crippen LogP contribution in [0.5, 0.6) is 11.5 Å². The average Bonchev–Trinajstić information content (AvgIpc) is 2.25. The number of ether oxygens (including phenoxy) is 2. The molecule has 1 aliphatic rings. The molecule has 2 atom stereocenters. The van der Waals surface area contributed by atoms with Crippen LogP contribution in [0.15, 0.2) is 12.1 Å². The predicted octanol–water partition coefficient (Wildman–Crippen LogP) is 2.43. The molecular weight excluding hydrogens is 211 g/mol. The van der Waals surface area contributed by atoms with Crippen LogP contribution in [0.2, 0.25) is 0 Å². The summed E-state index contributed by atoms with van der Waals surface area (Å²) in [6.45, 7) is 3.53. The summed E-state index contributed by atoms with van der Waals surface area (Å²) < 4.78 is 24.1. The van der Waals surface area contributed by atoms with Gasteiger partial charge in [0.05, 0.1) is 18.6 Å². The summed E-state index contributed by atoms with van der Waals surface area (Å²) in [5, 5.41) is 0. The fourth-order valence-electron chi connectivity index (χ4n) is 1.75. The molecule has 0 aromatic heterocycles. The predicted molar refractivity (Wildman–Crippen MR) is 56.5 cm³/mol. The maximum atomic E-state index is 13.7. The first-order valence-corrected chi connectivity index (χ1v) is 5.13. The quantitative estimate of drug-likeness (QED) is 0.735. The summed E-state index contributed by atoms with van der Waals surface area (Å²) in [5.41, 5.74) is 0.0337. The van der Waals surface area contributed by atoms with Gasteiger partial charge in [-0.15, -0.1) is 0 Å². The van der Waals surface area contributed by atoms with Crippen molar-refractivity contribution in [3.05, 3.63) is 23.5 Å². The van der Waals surface area contributed by atoms with Gasteiger partial charge in [0, 0.05) is 12.1 Å². The molecule has 0 saturated carbocycles. The molecule has 1 aromatic carbocycles. The Bertz CT molecular complexity index is 442. The number of carbonyl (C=O) groups is 1. The molecule has 1 aliphatic heterocycles. The van der Waals surface area contributed by atoms with Crippen molar-refractivity contribution in [1.29, 1.82) is 0 Å². The molecule has 3 nitrogen and oxygen atoms in total. The van der Waals surface area contributed by atoms with Gasteiger partial charge in [0.2, 0.25) is 0 Å². The second-order valence-corrected chi connectivity index (χ2v) is 3.96. The summed E-state index contributed by atoms with van der Waals surface area (Å²) in [5.74, 6) is -0.499. The number of rotatable bonds is 1. The monoisotopic (exact) mass is 224 g/mol. The van der Waals surface area contributed by atoms with Gasteiger partial charge in [0.25, 0.3) is 0 Å². The number of fused-ring (bicyclic) bond motifs is 1. The minimum atomic E-state index is -0.585. The number of methoxy groups -OCH3 is 1. The molecule has 0 saturated heterocycles. The van der Waals surface area contributed by atoms with Crippen molar-refractivity contribution in [2.75, 3.05) is 7.11 Å². The first kappa shape index (κ1) is 10.9. The molecule has 0 spiro atoms. The lowest BCUT2D eigenvalue weighted by Gasteiger charge is -2.28. The lowest BCUT2D eigenvalue weighted by atomic mass is 9.91. The molecule has 4 heteroatoms. The van der Waals surface area contributed by atoms with Crippen molar-refractivity contribution in [3.63, 3.8) is 0 Å². The molecule has 1 heterocycles. The van der Waals surface area contributed by atoms with E-state index in [4.69, 9.17) is 9.47 Å². The van der Waals surface area contributed by atoms with E-state index in [2.05, 4.69) is 0 Å². The molecule has 2 unspecified atom stereocenters. The van der Waals surface area contributed by atoms with Gasteiger partial charge in [-0.3, -0.25) is 4.79 Å². The second-order valence-electron chi connectivity index (χ2n) is 3.96. The highest BCUT2D eigenvalue weighted by atomic mass is 19.1. The molecule has 86 valence electrons. The topological polar surface area (TPSA) is 35.5 Å². The molecule has 0 fully saturated rings. The van der Waals surface area contributed by atoms with Gasteiger partial charge in [-0.1, -0.05) is 6.92 Å². The lowest BCUT2D eigenvalue weighted by molar-refractivity contribution is 0.0721. The van der Waals surface area contributed by atoms with Crippen molar-refractivity contribution in [2.24, 2.45) is 5.92 Å². The smallest absolute Gasteiger partial charge is 0.176 e. The van der Waals surface area contributed by atoms with Crippen molar-refractivity contribution < 1.29 is 18.7 Å². The highest BCUT2D eigenvalue weighted by Gasteiger charge is 2.34. The van der Waals surface area contributed by atoms with Crippen LogP contribution < -0.4 is 9.47 Å². The number of Topliss-reactive ketones (excluding diaryl/α,β-unsaturated/α-hetero) is 1. The van der Waals surface area contributed by atoms with Crippen LogP contribution in [0, 0.1) is 11.7 Å². The summed E-state index contributed by atoms with van der Waals surface area (Å²) >= 11 is 0. The number of benzene rings is 1. The zero-order valence-electron chi connectivity index (χ0n) is 9.41. The van der Waals surface area contributed by atoms with Crippen molar-refractivity contribution in [2.45, 2.75) is 20.0 Å². The van der Waals surface area contributed by atoms with Gasteiger partial charge in [0.15, 0.2) is 5.78 Å². The molecular formula is C12H13FO3. The SMILES string of the molecule is COc1cc(F)c2c(c1)OC(C)C(C)C2=O. The van der Waals surface area contributed by atoms with E-state index >= 15 is 0 Å². The molecule has 0 bridgehead atoms. The van der Waals surface area contributed by atoms with Gasteiger partial charge >= 0.3 is 0 Å². The lowest BCUT2D eigenvalue weighted by Crippen LogP contribution is -2.34. The van der Waals surface area contributed by atoms with Crippen molar-refractivity contribution >= 4 is 5.78 Å². The maximum absolute atomic E-state index is 13.7. The number of hydrogen-bond acceptors (Lipinski definition) is 3. The third-order valence-corrected chi connectivity index (χ3v) is 2.94. The fourth-order valence-corrected chi connectivity index (χ4v) is 1.75. The van der Waals surface area contributed by atoms with E-state index in [-0.39, 0.29) is 29.1 Å². The molecule has 0 amide bonds. The number of hydrogen-bond donors (Lipinski definition) is 0. The first-order valence-electron chi connectivity index (χ1n) is 5.13. The highest BCUT2D eigenvalue weighted by molar-refractivity contribution is 6.01. The van der Waals surface area contributed by atoms with Crippen LogP contribution in [0.3, 0.4) is 0 Å².